The van der Waals surface area contributed by atoms with Crippen LogP contribution >= 0.6 is 0 Å². The van der Waals surface area contributed by atoms with Gasteiger partial charge in [0.2, 0.25) is 0 Å². The fraction of sp³-hybridized carbons (Fsp3) is 0.571. The molecular formula is C14H20N2O. The minimum Gasteiger partial charge on any atom is -0.363 e. The third-order valence-electron chi connectivity index (χ3n) is 4.01. The summed E-state index contributed by atoms with van der Waals surface area (Å²) >= 11 is 0. The molecule has 1 aromatic carbocycles. The number of likely N-dealkylation sites (tertiary alicyclic amines) is 1. The number of nitrogens with zero attached hydrogens (tertiary/aromatic N) is 1. The highest BCUT2D eigenvalue weighted by Crippen LogP contribution is 2.29. The standard InChI is InChI=1S/C14H20N2O/c15-13-6-8-16(14-7-9-17-14)10-12(13)11-4-2-1-3-5-11/h1-5,12-14H,6-10,15H2. The summed E-state index contributed by atoms with van der Waals surface area (Å²) in [6.45, 7) is 3.04. The SMILES string of the molecule is NC1CCN(C2CCO2)CC1c1ccccc1. The highest BCUT2D eigenvalue weighted by atomic mass is 16.5. The van der Waals surface area contributed by atoms with Crippen molar-refractivity contribution in [3.63, 3.8) is 0 Å². The van der Waals surface area contributed by atoms with E-state index in [4.69, 9.17) is 10.5 Å². The first-order valence-corrected chi connectivity index (χ1v) is 6.51. The summed E-state index contributed by atoms with van der Waals surface area (Å²) in [6, 6.07) is 10.9. The maximum atomic E-state index is 6.27. The average Bonchev–Trinajstić information content (AvgIpc) is 2.30. The highest BCUT2D eigenvalue weighted by molar-refractivity contribution is 5.22. The summed E-state index contributed by atoms with van der Waals surface area (Å²) in [6.07, 6.45) is 2.60. The van der Waals surface area contributed by atoms with Crippen LogP contribution in [0.15, 0.2) is 30.3 Å². The summed E-state index contributed by atoms with van der Waals surface area (Å²) in [7, 11) is 0. The number of ether oxygens (including phenoxy) is 1. The van der Waals surface area contributed by atoms with Gasteiger partial charge in [0.05, 0.1) is 6.61 Å². The minimum atomic E-state index is 0.286. The van der Waals surface area contributed by atoms with Crippen LogP contribution in [0.2, 0.25) is 0 Å². The zero-order chi connectivity index (χ0) is 11.7. The van der Waals surface area contributed by atoms with Crippen molar-refractivity contribution < 1.29 is 4.74 Å². The highest BCUT2D eigenvalue weighted by Gasteiger charge is 2.34. The number of hydrogen-bond acceptors (Lipinski definition) is 3. The van der Waals surface area contributed by atoms with Crippen molar-refractivity contribution in [2.75, 3.05) is 19.7 Å². The predicted molar refractivity (Wildman–Crippen MR) is 67.7 cm³/mol. The van der Waals surface area contributed by atoms with E-state index in [1.807, 2.05) is 0 Å². The first-order valence-electron chi connectivity index (χ1n) is 6.51. The van der Waals surface area contributed by atoms with Gasteiger partial charge in [0, 0.05) is 31.5 Å². The second-order valence-corrected chi connectivity index (χ2v) is 5.08. The van der Waals surface area contributed by atoms with Crippen LogP contribution in [0, 0.1) is 0 Å². The molecule has 0 aromatic heterocycles. The molecule has 2 fully saturated rings. The molecule has 2 N–H and O–H groups in total. The van der Waals surface area contributed by atoms with Gasteiger partial charge in [-0.25, -0.2) is 0 Å². The van der Waals surface area contributed by atoms with E-state index in [1.54, 1.807) is 0 Å². The molecule has 92 valence electrons. The van der Waals surface area contributed by atoms with E-state index >= 15 is 0 Å². The molecule has 0 saturated carbocycles. The van der Waals surface area contributed by atoms with Gasteiger partial charge in [-0.3, -0.25) is 4.90 Å². The Morgan fingerprint density at radius 1 is 1.18 bits per heavy atom. The zero-order valence-electron chi connectivity index (χ0n) is 10.1. The van der Waals surface area contributed by atoms with Crippen molar-refractivity contribution in [3.8, 4) is 0 Å². The van der Waals surface area contributed by atoms with Crippen LogP contribution in [0.3, 0.4) is 0 Å². The summed E-state index contributed by atoms with van der Waals surface area (Å²) in [4.78, 5) is 2.45. The molecule has 0 radical (unpaired) electrons. The van der Waals surface area contributed by atoms with E-state index in [-0.39, 0.29) is 6.04 Å². The zero-order valence-corrected chi connectivity index (χ0v) is 10.1. The Bertz CT molecular complexity index is 364. The van der Waals surface area contributed by atoms with Gasteiger partial charge in [0.15, 0.2) is 0 Å². The number of rotatable bonds is 2. The molecule has 2 heterocycles. The molecule has 3 nitrogen and oxygen atoms in total. The van der Waals surface area contributed by atoms with Crippen LogP contribution in [0.1, 0.15) is 24.3 Å². The van der Waals surface area contributed by atoms with Crippen LogP contribution < -0.4 is 5.73 Å². The normalized spacial score (nSPS) is 34.3. The van der Waals surface area contributed by atoms with Gasteiger partial charge in [-0.05, 0) is 12.0 Å². The van der Waals surface area contributed by atoms with Crippen LogP contribution in [-0.2, 0) is 4.74 Å². The lowest BCUT2D eigenvalue weighted by Crippen LogP contribution is -2.53. The van der Waals surface area contributed by atoms with E-state index in [0.29, 0.717) is 12.1 Å². The molecule has 17 heavy (non-hydrogen) atoms. The molecule has 0 amide bonds. The first-order chi connectivity index (χ1) is 8.34. The summed E-state index contributed by atoms with van der Waals surface area (Å²) in [5.41, 5.74) is 7.63. The smallest absolute Gasteiger partial charge is 0.112 e. The minimum absolute atomic E-state index is 0.286. The van der Waals surface area contributed by atoms with Gasteiger partial charge in [0.25, 0.3) is 0 Å². The van der Waals surface area contributed by atoms with Crippen LogP contribution in [-0.4, -0.2) is 36.9 Å². The third-order valence-corrected chi connectivity index (χ3v) is 4.01. The molecule has 2 aliphatic rings. The lowest BCUT2D eigenvalue weighted by atomic mass is 9.86. The van der Waals surface area contributed by atoms with Gasteiger partial charge >= 0.3 is 0 Å². The average molecular weight is 232 g/mol. The van der Waals surface area contributed by atoms with E-state index in [0.717, 1.165) is 26.1 Å². The van der Waals surface area contributed by atoms with Gasteiger partial charge in [-0.2, -0.15) is 0 Å². The summed E-state index contributed by atoms with van der Waals surface area (Å²) in [5.74, 6) is 0.453. The molecule has 3 unspecified atom stereocenters. The van der Waals surface area contributed by atoms with E-state index in [1.165, 1.54) is 12.0 Å². The van der Waals surface area contributed by atoms with Gasteiger partial charge in [-0.1, -0.05) is 30.3 Å². The number of piperidine rings is 1. The molecule has 0 aliphatic carbocycles. The molecule has 3 atom stereocenters. The van der Waals surface area contributed by atoms with Gasteiger partial charge in [-0.15, -0.1) is 0 Å². The monoisotopic (exact) mass is 232 g/mol. The van der Waals surface area contributed by atoms with Crippen molar-refractivity contribution >= 4 is 0 Å². The predicted octanol–water partition coefficient (Wildman–Crippen LogP) is 1.55. The Labute approximate surface area is 103 Å². The Kier molecular flexibility index (Phi) is 3.14. The quantitative estimate of drug-likeness (QED) is 0.841. The Morgan fingerprint density at radius 3 is 2.59 bits per heavy atom. The maximum absolute atomic E-state index is 6.27. The topological polar surface area (TPSA) is 38.5 Å². The number of benzene rings is 1. The Balaban J connectivity index is 1.73. The van der Waals surface area contributed by atoms with E-state index < -0.39 is 0 Å². The molecular weight excluding hydrogens is 212 g/mol. The summed E-state index contributed by atoms with van der Waals surface area (Å²) < 4.78 is 5.57. The second-order valence-electron chi connectivity index (χ2n) is 5.08. The summed E-state index contributed by atoms with van der Waals surface area (Å²) in [5, 5.41) is 0. The fourth-order valence-electron chi connectivity index (χ4n) is 2.82. The lowest BCUT2D eigenvalue weighted by Gasteiger charge is -2.44. The van der Waals surface area contributed by atoms with Crippen LogP contribution in [0.4, 0.5) is 0 Å². The Hall–Kier alpha value is -0.900. The van der Waals surface area contributed by atoms with Crippen LogP contribution in [0.5, 0.6) is 0 Å². The molecule has 0 bridgehead atoms. The molecule has 2 saturated heterocycles. The van der Waals surface area contributed by atoms with E-state index in [2.05, 4.69) is 35.2 Å². The molecule has 2 aliphatic heterocycles. The van der Waals surface area contributed by atoms with E-state index in [9.17, 15) is 0 Å². The van der Waals surface area contributed by atoms with Crippen molar-refractivity contribution in [1.29, 1.82) is 0 Å². The first kappa shape index (κ1) is 11.2. The fourth-order valence-corrected chi connectivity index (χ4v) is 2.82. The Morgan fingerprint density at radius 2 is 1.94 bits per heavy atom. The third kappa shape index (κ3) is 2.23. The molecule has 0 spiro atoms. The molecule has 1 aromatic rings. The molecule has 3 heteroatoms. The van der Waals surface area contributed by atoms with Crippen molar-refractivity contribution in [2.24, 2.45) is 5.73 Å². The van der Waals surface area contributed by atoms with Crippen LogP contribution in [0.25, 0.3) is 0 Å². The van der Waals surface area contributed by atoms with Crippen molar-refractivity contribution in [2.45, 2.75) is 31.0 Å². The number of nitrogens with two attached hydrogens (primary N) is 1. The number of hydrogen-bond donors (Lipinski definition) is 1. The van der Waals surface area contributed by atoms with Gasteiger partial charge in [0.1, 0.15) is 6.23 Å². The van der Waals surface area contributed by atoms with Gasteiger partial charge < -0.3 is 10.5 Å². The van der Waals surface area contributed by atoms with Crippen molar-refractivity contribution in [3.05, 3.63) is 35.9 Å². The molecule has 3 rings (SSSR count). The second kappa shape index (κ2) is 4.77. The maximum Gasteiger partial charge on any atom is 0.112 e. The van der Waals surface area contributed by atoms with Crippen molar-refractivity contribution in [1.82, 2.24) is 4.90 Å². The largest absolute Gasteiger partial charge is 0.363 e. The lowest BCUT2D eigenvalue weighted by molar-refractivity contribution is -0.151.